The van der Waals surface area contributed by atoms with E-state index in [0.717, 1.165) is 0 Å². The molecule has 0 saturated carbocycles. The third kappa shape index (κ3) is 3.05. The van der Waals surface area contributed by atoms with Crippen molar-refractivity contribution in [2.24, 2.45) is 0 Å². The Labute approximate surface area is 87.2 Å². The molecular formula is C6H9N2NaO2. The van der Waals surface area contributed by atoms with Gasteiger partial charge < -0.3 is 9.47 Å². The Morgan fingerprint density at radius 1 is 1.09 bits per heavy atom. The van der Waals surface area contributed by atoms with Gasteiger partial charge in [-0.3, -0.25) is 0 Å². The van der Waals surface area contributed by atoms with E-state index in [1.165, 1.54) is 6.33 Å². The first kappa shape index (κ1) is 10.7. The minimum absolute atomic E-state index is 0. The van der Waals surface area contributed by atoms with E-state index < -0.39 is 0 Å². The van der Waals surface area contributed by atoms with Crippen LogP contribution in [0.1, 0.15) is 0 Å². The number of hydrogen-bond acceptors (Lipinski definition) is 4. The van der Waals surface area contributed by atoms with Crippen LogP contribution in [-0.2, 0) is 0 Å². The minimum atomic E-state index is 0. The zero-order valence-corrected chi connectivity index (χ0v) is 5.87. The van der Waals surface area contributed by atoms with Gasteiger partial charge in [0.05, 0.1) is 20.3 Å². The van der Waals surface area contributed by atoms with E-state index in [-0.39, 0.29) is 29.6 Å². The van der Waals surface area contributed by atoms with Crippen LogP contribution in [0.15, 0.2) is 12.4 Å². The Morgan fingerprint density at radius 2 is 1.55 bits per heavy atom. The normalized spacial score (nSPS) is 8.18. The van der Waals surface area contributed by atoms with E-state index in [1.807, 2.05) is 0 Å². The Bertz CT molecular complexity index is 200. The molecule has 1 heterocycles. The van der Waals surface area contributed by atoms with Crippen molar-refractivity contribution in [3.63, 3.8) is 0 Å². The zero-order valence-electron chi connectivity index (χ0n) is 5.87. The van der Waals surface area contributed by atoms with Crippen molar-refractivity contribution in [3.05, 3.63) is 12.4 Å². The molecule has 0 atom stereocenters. The Morgan fingerprint density at radius 3 is 1.91 bits per heavy atom. The van der Waals surface area contributed by atoms with Crippen LogP contribution in [0.5, 0.6) is 11.8 Å². The Hall–Kier alpha value is -0.320. The van der Waals surface area contributed by atoms with Gasteiger partial charge in [0.15, 0.2) is 0 Å². The molecule has 4 nitrogen and oxygen atoms in total. The van der Waals surface area contributed by atoms with Crippen molar-refractivity contribution in [2.45, 2.75) is 0 Å². The van der Waals surface area contributed by atoms with Crippen molar-refractivity contribution in [1.29, 1.82) is 0 Å². The summed E-state index contributed by atoms with van der Waals surface area (Å²) in [6.45, 7) is 0. The fourth-order valence-corrected chi connectivity index (χ4v) is 0.546. The topological polar surface area (TPSA) is 44.2 Å². The quantitative estimate of drug-likeness (QED) is 0.570. The molecule has 0 aliphatic rings. The van der Waals surface area contributed by atoms with Crippen molar-refractivity contribution in [2.75, 3.05) is 14.2 Å². The fourth-order valence-electron chi connectivity index (χ4n) is 0.546. The average molecular weight is 164 g/mol. The van der Waals surface area contributed by atoms with Gasteiger partial charge in [0.2, 0.25) is 11.8 Å². The third-order valence-electron chi connectivity index (χ3n) is 1.04. The van der Waals surface area contributed by atoms with E-state index in [2.05, 4.69) is 9.97 Å². The summed E-state index contributed by atoms with van der Waals surface area (Å²) in [5.41, 5.74) is 0. The van der Waals surface area contributed by atoms with Crippen LogP contribution >= 0.6 is 0 Å². The van der Waals surface area contributed by atoms with Crippen molar-refractivity contribution < 1.29 is 9.47 Å². The summed E-state index contributed by atoms with van der Waals surface area (Å²) in [6, 6.07) is 1.61. The average Bonchev–Trinajstić information content (AvgIpc) is 2.05. The first-order valence-electron chi connectivity index (χ1n) is 2.77. The molecule has 0 fully saturated rings. The second-order valence-electron chi connectivity index (χ2n) is 1.60. The van der Waals surface area contributed by atoms with Gasteiger partial charge in [0.25, 0.3) is 0 Å². The van der Waals surface area contributed by atoms with E-state index in [0.29, 0.717) is 11.8 Å². The molecule has 0 saturated heterocycles. The van der Waals surface area contributed by atoms with Crippen molar-refractivity contribution >= 4 is 29.6 Å². The number of rotatable bonds is 2. The molecule has 11 heavy (non-hydrogen) atoms. The van der Waals surface area contributed by atoms with Crippen LogP contribution in [0.2, 0.25) is 0 Å². The van der Waals surface area contributed by atoms with Gasteiger partial charge in [0, 0.05) is 0 Å². The van der Waals surface area contributed by atoms with Crippen LogP contribution in [-0.4, -0.2) is 53.7 Å². The van der Waals surface area contributed by atoms with Gasteiger partial charge >= 0.3 is 29.6 Å². The third-order valence-corrected chi connectivity index (χ3v) is 1.04. The molecule has 0 radical (unpaired) electrons. The van der Waals surface area contributed by atoms with Crippen LogP contribution in [0.25, 0.3) is 0 Å². The molecule has 1 aromatic rings. The maximum absolute atomic E-state index is 4.83. The summed E-state index contributed by atoms with van der Waals surface area (Å²) in [4.78, 5) is 7.58. The molecular weight excluding hydrogens is 155 g/mol. The van der Waals surface area contributed by atoms with Crippen molar-refractivity contribution in [3.8, 4) is 11.8 Å². The van der Waals surface area contributed by atoms with Gasteiger partial charge in [-0.2, -0.15) is 0 Å². The first-order valence-corrected chi connectivity index (χ1v) is 2.77. The van der Waals surface area contributed by atoms with Gasteiger partial charge in [-0.1, -0.05) is 0 Å². The monoisotopic (exact) mass is 164 g/mol. The predicted octanol–water partition coefficient (Wildman–Crippen LogP) is -0.155. The van der Waals surface area contributed by atoms with Crippen LogP contribution < -0.4 is 9.47 Å². The molecule has 0 bridgehead atoms. The second-order valence-corrected chi connectivity index (χ2v) is 1.60. The molecule has 0 unspecified atom stereocenters. The van der Waals surface area contributed by atoms with Gasteiger partial charge in [-0.05, 0) is 0 Å². The molecule has 0 spiro atoms. The number of hydrogen-bond donors (Lipinski definition) is 0. The summed E-state index contributed by atoms with van der Waals surface area (Å²) in [6.07, 6.45) is 1.39. The number of aromatic nitrogens is 2. The molecule has 56 valence electrons. The summed E-state index contributed by atoms with van der Waals surface area (Å²) in [5.74, 6) is 1.01. The SMILES string of the molecule is COc1cc(OC)ncn1.[NaH]. The molecule has 1 aromatic heterocycles. The van der Waals surface area contributed by atoms with Crippen LogP contribution in [0, 0.1) is 0 Å². The Balaban J connectivity index is 0.000001000. The first-order chi connectivity index (χ1) is 4.86. The zero-order chi connectivity index (χ0) is 7.40. The number of nitrogens with zero attached hydrogens (tertiary/aromatic N) is 2. The Kier molecular flexibility index (Phi) is 5.19. The molecule has 1 rings (SSSR count). The summed E-state index contributed by atoms with van der Waals surface area (Å²) >= 11 is 0. The van der Waals surface area contributed by atoms with Gasteiger partial charge in [-0.25, -0.2) is 9.97 Å². The summed E-state index contributed by atoms with van der Waals surface area (Å²) in [7, 11) is 3.09. The summed E-state index contributed by atoms with van der Waals surface area (Å²) in [5, 5.41) is 0. The van der Waals surface area contributed by atoms with E-state index >= 15 is 0 Å². The van der Waals surface area contributed by atoms with E-state index in [9.17, 15) is 0 Å². The van der Waals surface area contributed by atoms with Crippen LogP contribution in [0.3, 0.4) is 0 Å². The fraction of sp³-hybridized carbons (Fsp3) is 0.333. The number of methoxy groups -OCH3 is 2. The second kappa shape index (κ2) is 5.35. The molecule has 0 aromatic carbocycles. The van der Waals surface area contributed by atoms with Gasteiger partial charge in [-0.15, -0.1) is 0 Å². The van der Waals surface area contributed by atoms with E-state index in [1.54, 1.807) is 20.3 Å². The molecule has 0 N–H and O–H groups in total. The number of ether oxygens (including phenoxy) is 2. The molecule has 0 amide bonds. The molecule has 0 aliphatic carbocycles. The van der Waals surface area contributed by atoms with Crippen LogP contribution in [0.4, 0.5) is 0 Å². The van der Waals surface area contributed by atoms with Crippen molar-refractivity contribution in [1.82, 2.24) is 9.97 Å². The van der Waals surface area contributed by atoms with Gasteiger partial charge in [0.1, 0.15) is 6.33 Å². The maximum atomic E-state index is 4.83. The summed E-state index contributed by atoms with van der Waals surface area (Å²) < 4.78 is 9.65. The molecule has 5 heteroatoms. The standard InChI is InChI=1S/C6H8N2O2.Na.H/c1-9-5-3-6(10-2)8-4-7-5;;/h3-4H,1-2H3;;. The molecule has 0 aliphatic heterocycles. The predicted molar refractivity (Wildman–Crippen MR) is 42.3 cm³/mol. The van der Waals surface area contributed by atoms with E-state index in [4.69, 9.17) is 9.47 Å².